The molecule has 0 unspecified atom stereocenters. The highest BCUT2D eigenvalue weighted by atomic mass is 35.5. The van der Waals surface area contributed by atoms with Crippen LogP contribution in [0.25, 0.3) is 10.9 Å². The van der Waals surface area contributed by atoms with Gasteiger partial charge in [-0.25, -0.2) is 0 Å². The number of nitrogens with one attached hydrogen (secondary N) is 1. The van der Waals surface area contributed by atoms with Crippen molar-refractivity contribution in [1.29, 1.82) is 0 Å². The van der Waals surface area contributed by atoms with Crippen molar-refractivity contribution >= 4 is 45.6 Å². The average molecular weight is 532 g/mol. The molecule has 0 saturated heterocycles. The van der Waals surface area contributed by atoms with Crippen LogP contribution in [0, 0.1) is 5.41 Å². The zero-order valence-corrected chi connectivity index (χ0v) is 22.7. The largest absolute Gasteiger partial charge is 0.494 e. The third-order valence-corrected chi connectivity index (χ3v) is 6.36. The number of carbonyl (C=O) groups excluding carboxylic acids is 2. The molecule has 7 nitrogen and oxygen atoms in total. The van der Waals surface area contributed by atoms with E-state index in [4.69, 9.17) is 21.1 Å². The number of anilines is 1. The van der Waals surface area contributed by atoms with Gasteiger partial charge in [0.05, 0.1) is 29.9 Å². The van der Waals surface area contributed by atoms with E-state index in [1.54, 1.807) is 36.5 Å². The number of Topliss-reactive ketones (excluding diaryl/α,β-unsaturated/α-hetero) is 1. The summed E-state index contributed by atoms with van der Waals surface area (Å²) >= 11 is 6.55. The van der Waals surface area contributed by atoms with Gasteiger partial charge >= 0.3 is 0 Å². The van der Waals surface area contributed by atoms with E-state index < -0.39 is 0 Å². The summed E-state index contributed by atoms with van der Waals surface area (Å²) in [5.41, 5.74) is 3.93. The van der Waals surface area contributed by atoms with E-state index in [-0.39, 0.29) is 23.5 Å². The highest BCUT2D eigenvalue weighted by Gasteiger charge is 2.22. The van der Waals surface area contributed by atoms with E-state index in [1.165, 1.54) is 13.2 Å². The van der Waals surface area contributed by atoms with Crippen molar-refractivity contribution in [3.8, 4) is 17.2 Å². The molecule has 0 radical (unpaired) electrons. The Hall–Kier alpha value is -3.97. The highest BCUT2D eigenvalue weighted by molar-refractivity contribution is 6.32. The van der Waals surface area contributed by atoms with Crippen LogP contribution in [0.3, 0.4) is 0 Å². The molecule has 0 bridgehead atoms. The topological polar surface area (TPSA) is 89.9 Å². The molecular weight excluding hydrogens is 502 g/mol. The molecular formula is C30H30ClN3O4. The number of benzene rings is 2. The van der Waals surface area contributed by atoms with Crippen molar-refractivity contribution < 1.29 is 19.1 Å². The van der Waals surface area contributed by atoms with Crippen LogP contribution >= 0.6 is 11.6 Å². The number of allylic oxidation sites excluding steroid dienone is 1. The van der Waals surface area contributed by atoms with Crippen LogP contribution in [0.5, 0.6) is 17.2 Å². The van der Waals surface area contributed by atoms with E-state index in [0.717, 1.165) is 16.8 Å². The minimum Gasteiger partial charge on any atom is -0.494 e. The molecule has 0 saturated carbocycles. The zero-order chi connectivity index (χ0) is 27.4. The number of rotatable bonds is 9. The zero-order valence-electron chi connectivity index (χ0n) is 21.9. The molecule has 1 aliphatic rings. The molecule has 1 aliphatic heterocycles. The van der Waals surface area contributed by atoms with Gasteiger partial charge in [0.25, 0.3) is 0 Å². The fraction of sp³-hybridized carbons (Fsp3) is 0.267. The molecule has 2 aromatic carbocycles. The van der Waals surface area contributed by atoms with Crippen LogP contribution in [0.1, 0.15) is 32.8 Å². The molecule has 196 valence electrons. The standard InChI is InChI=1S/C30H30ClN3O4/c1-6-29(36)34-24-15-21-23(16-27(24)37-5)32-10-9-25(21)38-26-8-7-18(13-22(26)31)11-20(35)12-19-14-28(33-17-19)30(2,3)4/h6-10,13-16H,1,11-12,17H2,2-5H3,(H,34,36). The molecule has 1 aromatic heterocycles. The van der Waals surface area contributed by atoms with Gasteiger partial charge in [-0.05, 0) is 47.6 Å². The fourth-order valence-electron chi connectivity index (χ4n) is 4.12. The molecule has 0 aliphatic carbocycles. The van der Waals surface area contributed by atoms with Gasteiger partial charge in [0.15, 0.2) is 0 Å². The first-order chi connectivity index (χ1) is 18.1. The lowest BCUT2D eigenvalue weighted by Gasteiger charge is -2.16. The lowest BCUT2D eigenvalue weighted by atomic mass is 9.89. The van der Waals surface area contributed by atoms with Gasteiger partial charge in [-0.15, -0.1) is 0 Å². The van der Waals surface area contributed by atoms with Crippen LogP contribution in [0.4, 0.5) is 5.69 Å². The first-order valence-corrected chi connectivity index (χ1v) is 12.6. The smallest absolute Gasteiger partial charge is 0.247 e. The van der Waals surface area contributed by atoms with Gasteiger partial charge in [0.2, 0.25) is 5.91 Å². The van der Waals surface area contributed by atoms with E-state index in [1.807, 2.05) is 12.1 Å². The molecule has 4 rings (SSSR count). The lowest BCUT2D eigenvalue weighted by molar-refractivity contribution is -0.117. The van der Waals surface area contributed by atoms with Crippen molar-refractivity contribution in [2.45, 2.75) is 33.6 Å². The molecule has 1 N–H and O–H groups in total. The number of aromatic nitrogens is 1. The summed E-state index contributed by atoms with van der Waals surface area (Å²) < 4.78 is 11.5. The lowest BCUT2D eigenvalue weighted by Crippen LogP contribution is -2.16. The summed E-state index contributed by atoms with van der Waals surface area (Å²) in [7, 11) is 1.51. The monoisotopic (exact) mass is 531 g/mol. The number of hydrogen-bond acceptors (Lipinski definition) is 6. The maximum atomic E-state index is 12.7. The average Bonchev–Trinajstić information content (AvgIpc) is 3.34. The van der Waals surface area contributed by atoms with Crippen LogP contribution < -0.4 is 14.8 Å². The van der Waals surface area contributed by atoms with Crippen molar-refractivity contribution in [2.24, 2.45) is 10.4 Å². The number of pyridine rings is 1. The van der Waals surface area contributed by atoms with Crippen LogP contribution in [0.15, 0.2) is 71.9 Å². The predicted octanol–water partition coefficient (Wildman–Crippen LogP) is 6.74. The molecule has 8 heteroatoms. The van der Waals surface area contributed by atoms with Gasteiger partial charge in [0, 0.05) is 41.6 Å². The van der Waals surface area contributed by atoms with Gasteiger partial charge in [-0.1, -0.05) is 45.0 Å². The Morgan fingerprint density at radius 3 is 2.55 bits per heavy atom. The minimum atomic E-state index is -0.367. The van der Waals surface area contributed by atoms with Gasteiger partial charge < -0.3 is 14.8 Å². The van der Waals surface area contributed by atoms with Gasteiger partial charge in [0.1, 0.15) is 23.0 Å². The van der Waals surface area contributed by atoms with E-state index in [2.05, 4.69) is 42.6 Å². The van der Waals surface area contributed by atoms with Crippen LogP contribution in [-0.2, 0) is 16.0 Å². The number of methoxy groups -OCH3 is 1. The van der Waals surface area contributed by atoms with E-state index in [0.29, 0.717) is 51.8 Å². The van der Waals surface area contributed by atoms with E-state index >= 15 is 0 Å². The second kappa shape index (κ2) is 11.2. The maximum Gasteiger partial charge on any atom is 0.247 e. The number of amides is 1. The SMILES string of the molecule is C=CC(=O)Nc1cc2c(Oc3ccc(CC(=O)CC4=CC(C(C)(C)C)=NC4)cc3Cl)ccnc2cc1OC. The first-order valence-electron chi connectivity index (χ1n) is 12.2. The number of ether oxygens (including phenoxy) is 2. The van der Waals surface area contributed by atoms with E-state index in [9.17, 15) is 9.59 Å². The number of aliphatic imine (C=N–C) groups is 1. The second-order valence-electron chi connectivity index (χ2n) is 10.1. The van der Waals surface area contributed by atoms with Crippen molar-refractivity contribution in [3.05, 3.63) is 77.5 Å². The minimum absolute atomic E-state index is 0.0263. The summed E-state index contributed by atoms with van der Waals surface area (Å²) in [6.07, 6.45) is 5.48. The Labute approximate surface area is 227 Å². The summed E-state index contributed by atoms with van der Waals surface area (Å²) in [6, 6.07) is 10.5. The maximum absolute atomic E-state index is 12.7. The fourth-order valence-corrected chi connectivity index (χ4v) is 4.36. The first kappa shape index (κ1) is 27.1. The van der Waals surface area contributed by atoms with Gasteiger partial charge in [-0.3, -0.25) is 19.6 Å². The number of hydrogen-bond donors (Lipinski definition) is 1. The number of fused-ring (bicyclic) bond motifs is 1. The Kier molecular flexibility index (Phi) is 7.97. The Balaban J connectivity index is 1.50. The summed E-state index contributed by atoms with van der Waals surface area (Å²) in [6.45, 7) is 10.4. The quantitative estimate of drug-likeness (QED) is 0.309. The number of halogens is 1. The third-order valence-electron chi connectivity index (χ3n) is 6.07. The van der Waals surface area contributed by atoms with Crippen molar-refractivity contribution in [1.82, 2.24) is 4.98 Å². The molecule has 0 fully saturated rings. The number of ketones is 1. The third kappa shape index (κ3) is 6.29. The van der Waals surface area contributed by atoms with Gasteiger partial charge in [-0.2, -0.15) is 0 Å². The molecule has 3 aromatic rings. The normalized spacial score (nSPS) is 13.1. The molecule has 0 atom stereocenters. The Bertz CT molecular complexity index is 1480. The Morgan fingerprint density at radius 1 is 1.11 bits per heavy atom. The highest BCUT2D eigenvalue weighted by Crippen LogP contribution is 2.38. The number of carbonyl (C=O) groups is 2. The van der Waals surface area contributed by atoms with Crippen molar-refractivity contribution in [2.75, 3.05) is 19.0 Å². The summed E-state index contributed by atoms with van der Waals surface area (Å²) in [5.74, 6) is 1.13. The molecule has 0 spiro atoms. The molecule has 1 amide bonds. The van der Waals surface area contributed by atoms with Crippen LogP contribution in [0.2, 0.25) is 5.02 Å². The van der Waals surface area contributed by atoms with Crippen molar-refractivity contribution in [3.63, 3.8) is 0 Å². The Morgan fingerprint density at radius 2 is 1.89 bits per heavy atom. The second-order valence-corrected chi connectivity index (χ2v) is 10.5. The van der Waals surface area contributed by atoms with Crippen LogP contribution in [-0.4, -0.2) is 36.0 Å². The summed E-state index contributed by atoms with van der Waals surface area (Å²) in [5, 5.41) is 3.77. The predicted molar refractivity (Wildman–Crippen MR) is 152 cm³/mol. The summed E-state index contributed by atoms with van der Waals surface area (Å²) in [4.78, 5) is 33.6. The number of nitrogens with zero attached hydrogens (tertiary/aromatic N) is 2. The molecule has 2 heterocycles. The molecule has 38 heavy (non-hydrogen) atoms.